The smallest absolute Gasteiger partial charge is 0.00608 e. The van der Waals surface area contributed by atoms with Crippen LogP contribution in [0.2, 0.25) is 0 Å². The minimum Gasteiger partial charge on any atom is -0.316 e. The maximum absolute atomic E-state index is 3.41. The Hall–Kier alpha value is 0.310. The maximum Gasteiger partial charge on any atom is 0.00608 e. The summed E-state index contributed by atoms with van der Waals surface area (Å²) in [5.74, 6) is 2.13. The van der Waals surface area contributed by atoms with Gasteiger partial charge in [0.2, 0.25) is 0 Å². The molecular formula is C7H15NS. The molecule has 1 nitrogen and oxygen atoms in total. The maximum atomic E-state index is 3.41. The SMILES string of the molecule is CC1CNCCSC1C. The molecule has 0 radical (unpaired) electrons. The normalized spacial score (nSPS) is 38.0. The van der Waals surface area contributed by atoms with E-state index in [2.05, 4.69) is 30.9 Å². The van der Waals surface area contributed by atoms with Gasteiger partial charge < -0.3 is 5.32 Å². The van der Waals surface area contributed by atoms with Crippen LogP contribution in [0.25, 0.3) is 0 Å². The predicted molar refractivity (Wildman–Crippen MR) is 44.0 cm³/mol. The van der Waals surface area contributed by atoms with Gasteiger partial charge in [-0.1, -0.05) is 13.8 Å². The summed E-state index contributed by atoms with van der Waals surface area (Å²) in [6, 6.07) is 0. The zero-order chi connectivity index (χ0) is 6.69. The first-order valence-corrected chi connectivity index (χ1v) is 4.68. The quantitative estimate of drug-likeness (QED) is 0.552. The van der Waals surface area contributed by atoms with Gasteiger partial charge in [-0.05, 0) is 12.5 Å². The molecule has 9 heavy (non-hydrogen) atoms. The van der Waals surface area contributed by atoms with Gasteiger partial charge in [-0.2, -0.15) is 11.8 Å². The van der Waals surface area contributed by atoms with Crippen molar-refractivity contribution in [1.82, 2.24) is 5.32 Å². The van der Waals surface area contributed by atoms with E-state index in [4.69, 9.17) is 0 Å². The summed E-state index contributed by atoms with van der Waals surface area (Å²) >= 11 is 2.08. The standard InChI is InChI=1S/C7H15NS/c1-6-5-8-3-4-9-7(6)2/h6-8H,3-5H2,1-2H3. The molecule has 2 unspecified atom stereocenters. The lowest BCUT2D eigenvalue weighted by molar-refractivity contribution is 0.533. The number of nitrogens with one attached hydrogen (secondary N) is 1. The second-order valence-corrected chi connectivity index (χ2v) is 4.24. The summed E-state index contributed by atoms with van der Waals surface area (Å²) in [7, 11) is 0. The first-order valence-electron chi connectivity index (χ1n) is 3.63. The lowest BCUT2D eigenvalue weighted by Crippen LogP contribution is -2.23. The molecule has 1 aliphatic heterocycles. The largest absolute Gasteiger partial charge is 0.316 e. The van der Waals surface area contributed by atoms with E-state index >= 15 is 0 Å². The van der Waals surface area contributed by atoms with Gasteiger partial charge in [-0.3, -0.25) is 0 Å². The fourth-order valence-corrected chi connectivity index (χ4v) is 2.04. The van der Waals surface area contributed by atoms with Gasteiger partial charge in [0.05, 0.1) is 0 Å². The van der Waals surface area contributed by atoms with Crippen molar-refractivity contribution >= 4 is 11.8 Å². The van der Waals surface area contributed by atoms with E-state index in [1.165, 1.54) is 18.8 Å². The van der Waals surface area contributed by atoms with Crippen LogP contribution in [-0.2, 0) is 0 Å². The van der Waals surface area contributed by atoms with Crippen molar-refractivity contribution in [3.8, 4) is 0 Å². The van der Waals surface area contributed by atoms with Crippen LogP contribution in [-0.4, -0.2) is 24.1 Å². The minimum atomic E-state index is 0.845. The zero-order valence-electron chi connectivity index (χ0n) is 6.18. The zero-order valence-corrected chi connectivity index (χ0v) is 7.00. The third-order valence-electron chi connectivity index (χ3n) is 1.93. The molecule has 54 valence electrons. The number of thioether (sulfide) groups is 1. The van der Waals surface area contributed by atoms with Gasteiger partial charge in [-0.25, -0.2) is 0 Å². The monoisotopic (exact) mass is 145 g/mol. The fourth-order valence-electron chi connectivity index (χ4n) is 0.977. The van der Waals surface area contributed by atoms with Crippen LogP contribution >= 0.6 is 11.8 Å². The van der Waals surface area contributed by atoms with Gasteiger partial charge in [0.1, 0.15) is 0 Å². The molecule has 0 spiro atoms. The summed E-state index contributed by atoms with van der Waals surface area (Å²) in [5.41, 5.74) is 0. The molecule has 0 aromatic heterocycles. The Morgan fingerprint density at radius 3 is 3.00 bits per heavy atom. The highest BCUT2D eigenvalue weighted by Crippen LogP contribution is 2.19. The molecule has 1 saturated heterocycles. The molecule has 1 fully saturated rings. The van der Waals surface area contributed by atoms with E-state index in [0.717, 1.165) is 11.2 Å². The molecule has 0 bridgehead atoms. The highest BCUT2D eigenvalue weighted by molar-refractivity contribution is 7.99. The highest BCUT2D eigenvalue weighted by Gasteiger charge is 2.14. The number of hydrogen-bond acceptors (Lipinski definition) is 2. The third-order valence-corrected chi connectivity index (χ3v) is 3.36. The molecule has 0 aromatic carbocycles. The second kappa shape index (κ2) is 3.47. The molecule has 0 amide bonds. The summed E-state index contributed by atoms with van der Waals surface area (Å²) in [6.45, 7) is 7.03. The molecular weight excluding hydrogens is 130 g/mol. The van der Waals surface area contributed by atoms with Crippen LogP contribution in [0.1, 0.15) is 13.8 Å². The topological polar surface area (TPSA) is 12.0 Å². The van der Waals surface area contributed by atoms with Crippen molar-refractivity contribution in [3.05, 3.63) is 0 Å². The molecule has 1 aliphatic rings. The van der Waals surface area contributed by atoms with Crippen molar-refractivity contribution in [1.29, 1.82) is 0 Å². The van der Waals surface area contributed by atoms with Crippen LogP contribution in [0.5, 0.6) is 0 Å². The fraction of sp³-hybridized carbons (Fsp3) is 1.00. The molecule has 2 atom stereocenters. The van der Waals surface area contributed by atoms with Crippen molar-refractivity contribution in [2.45, 2.75) is 19.1 Å². The lowest BCUT2D eigenvalue weighted by Gasteiger charge is -2.13. The second-order valence-electron chi connectivity index (χ2n) is 2.76. The molecule has 2 heteroatoms. The van der Waals surface area contributed by atoms with Crippen LogP contribution in [0.4, 0.5) is 0 Å². The van der Waals surface area contributed by atoms with Gasteiger partial charge in [0.15, 0.2) is 0 Å². The number of hydrogen-bond donors (Lipinski definition) is 1. The Morgan fingerprint density at radius 2 is 2.22 bits per heavy atom. The third kappa shape index (κ3) is 2.18. The van der Waals surface area contributed by atoms with E-state index < -0.39 is 0 Å². The molecule has 0 aromatic rings. The van der Waals surface area contributed by atoms with E-state index in [1.54, 1.807) is 0 Å². The summed E-state index contributed by atoms with van der Waals surface area (Å²) < 4.78 is 0. The van der Waals surface area contributed by atoms with Crippen molar-refractivity contribution in [2.24, 2.45) is 5.92 Å². The van der Waals surface area contributed by atoms with Crippen LogP contribution < -0.4 is 5.32 Å². The van der Waals surface area contributed by atoms with Crippen molar-refractivity contribution in [3.63, 3.8) is 0 Å². The first-order chi connectivity index (χ1) is 4.30. The van der Waals surface area contributed by atoms with E-state index in [0.29, 0.717) is 0 Å². The Bertz CT molecular complexity index is 75.0. The molecule has 0 saturated carbocycles. The Morgan fingerprint density at radius 1 is 1.44 bits per heavy atom. The summed E-state index contributed by atoms with van der Waals surface area (Å²) in [6.07, 6.45) is 0. The Balaban J connectivity index is 2.32. The van der Waals surface area contributed by atoms with Gasteiger partial charge in [0.25, 0.3) is 0 Å². The molecule has 0 aliphatic carbocycles. The molecule has 1 rings (SSSR count). The minimum absolute atomic E-state index is 0.845. The van der Waals surface area contributed by atoms with Crippen molar-refractivity contribution < 1.29 is 0 Å². The average molecular weight is 145 g/mol. The van der Waals surface area contributed by atoms with E-state index in [1.807, 2.05) is 0 Å². The van der Waals surface area contributed by atoms with Gasteiger partial charge in [0, 0.05) is 17.5 Å². The predicted octanol–water partition coefficient (Wildman–Crippen LogP) is 1.35. The summed E-state index contributed by atoms with van der Waals surface area (Å²) in [4.78, 5) is 0. The molecule has 1 heterocycles. The van der Waals surface area contributed by atoms with Gasteiger partial charge in [-0.15, -0.1) is 0 Å². The van der Waals surface area contributed by atoms with Gasteiger partial charge >= 0.3 is 0 Å². The van der Waals surface area contributed by atoms with Crippen LogP contribution in [0, 0.1) is 5.92 Å². The van der Waals surface area contributed by atoms with E-state index in [-0.39, 0.29) is 0 Å². The number of rotatable bonds is 0. The molecule has 1 N–H and O–H groups in total. The lowest BCUT2D eigenvalue weighted by atomic mass is 10.1. The van der Waals surface area contributed by atoms with Crippen LogP contribution in [0.15, 0.2) is 0 Å². The highest BCUT2D eigenvalue weighted by atomic mass is 32.2. The van der Waals surface area contributed by atoms with Crippen LogP contribution in [0.3, 0.4) is 0 Å². The van der Waals surface area contributed by atoms with Crippen molar-refractivity contribution in [2.75, 3.05) is 18.8 Å². The average Bonchev–Trinajstić information content (AvgIpc) is 1.99. The summed E-state index contributed by atoms with van der Waals surface area (Å²) in [5, 5.41) is 4.25. The Labute approximate surface area is 61.6 Å². The van der Waals surface area contributed by atoms with E-state index in [9.17, 15) is 0 Å². The Kier molecular flexibility index (Phi) is 2.86. The first kappa shape index (κ1) is 7.42.